The van der Waals surface area contributed by atoms with Crippen molar-refractivity contribution < 1.29 is 18.9 Å². The molecule has 0 saturated heterocycles. The van der Waals surface area contributed by atoms with Crippen molar-refractivity contribution in [3.8, 4) is 40.2 Å². The summed E-state index contributed by atoms with van der Waals surface area (Å²) in [6.45, 7) is 6.46. The van der Waals surface area contributed by atoms with E-state index in [1.165, 1.54) is 6.20 Å². The van der Waals surface area contributed by atoms with E-state index < -0.39 is 0 Å². The zero-order chi connectivity index (χ0) is 31.1. The van der Waals surface area contributed by atoms with Gasteiger partial charge in [0.15, 0.2) is 11.5 Å². The number of pyridine rings is 1. The maximum atomic E-state index is 9.27. The Morgan fingerprint density at radius 2 is 1.77 bits per heavy atom. The normalized spacial score (nSPS) is 12.9. The quantitative estimate of drug-likeness (QED) is 0.173. The smallest absolute Gasteiger partial charge is 0.161 e. The van der Waals surface area contributed by atoms with Gasteiger partial charge in [0.05, 0.1) is 16.8 Å². The predicted octanol–water partition coefficient (Wildman–Crippen LogP) is 6.90. The highest BCUT2D eigenvalue weighted by Crippen LogP contribution is 2.37. The van der Waals surface area contributed by atoms with Crippen LogP contribution in [0.15, 0.2) is 67.0 Å². The lowest BCUT2D eigenvalue weighted by Crippen LogP contribution is -2.40. The number of fused-ring (bicyclic) bond motifs is 1. The van der Waals surface area contributed by atoms with E-state index in [9.17, 15) is 5.26 Å². The summed E-state index contributed by atoms with van der Waals surface area (Å²) in [5.41, 5.74) is 6.49. The Hall–Kier alpha value is -4.29. The average molecular weight is 613 g/mol. The number of nitrogens with one attached hydrogen (secondary N) is 1. The van der Waals surface area contributed by atoms with Crippen LogP contribution in [0.25, 0.3) is 11.1 Å². The van der Waals surface area contributed by atoms with Crippen LogP contribution in [0.3, 0.4) is 0 Å². The zero-order valence-corrected chi connectivity index (χ0v) is 26.3. The molecule has 44 heavy (non-hydrogen) atoms. The number of nitriles is 1. The maximum absolute atomic E-state index is 9.27. The molecule has 0 saturated carbocycles. The van der Waals surface area contributed by atoms with Gasteiger partial charge in [0.2, 0.25) is 0 Å². The van der Waals surface area contributed by atoms with Crippen LogP contribution < -0.4 is 24.3 Å². The summed E-state index contributed by atoms with van der Waals surface area (Å²) in [6, 6.07) is 19.8. The number of hydrogen-bond acceptors (Lipinski definition) is 8. The second-order valence-electron chi connectivity index (χ2n) is 10.9. The third kappa shape index (κ3) is 7.43. The van der Waals surface area contributed by atoms with Gasteiger partial charge in [0, 0.05) is 36.1 Å². The molecule has 0 radical (unpaired) electrons. The van der Waals surface area contributed by atoms with Crippen molar-refractivity contribution in [1.29, 1.82) is 5.26 Å². The highest BCUT2D eigenvalue weighted by atomic mass is 35.5. The molecular formula is C35H37ClN4O4. The summed E-state index contributed by atoms with van der Waals surface area (Å²) in [4.78, 5) is 6.29. The molecule has 0 amide bonds. The minimum absolute atomic E-state index is 0.193. The maximum Gasteiger partial charge on any atom is 0.161 e. The molecule has 228 valence electrons. The number of rotatable bonds is 12. The van der Waals surface area contributed by atoms with Crippen LogP contribution in [0.5, 0.6) is 23.0 Å². The Morgan fingerprint density at radius 1 is 0.977 bits per heavy atom. The van der Waals surface area contributed by atoms with Crippen molar-refractivity contribution in [2.45, 2.75) is 46.2 Å². The fourth-order valence-corrected chi connectivity index (χ4v) is 5.43. The third-order valence-corrected chi connectivity index (χ3v) is 7.95. The van der Waals surface area contributed by atoms with Crippen LogP contribution in [0.1, 0.15) is 41.2 Å². The van der Waals surface area contributed by atoms with Gasteiger partial charge < -0.3 is 18.9 Å². The Bertz CT molecular complexity index is 1650. The standard InChI is InChI=1S/C35H37ClN4O4/c1-5-35(40(3)4)39-20-28-14-30(36)33(16-32(28)43-21-25-13-24(17-37)18-38-19-25)44-22-27-7-6-8-29(23(27)2)26-9-10-31-34(15-26)42-12-11-41-31/h6-10,13-16,18-19,35,39H,5,11-12,20-22H2,1-4H3. The minimum atomic E-state index is 0.193. The largest absolute Gasteiger partial charge is 0.488 e. The molecule has 1 unspecified atom stereocenters. The summed E-state index contributed by atoms with van der Waals surface area (Å²) in [5.74, 6) is 2.70. The van der Waals surface area contributed by atoms with E-state index in [0.29, 0.717) is 48.5 Å². The van der Waals surface area contributed by atoms with Gasteiger partial charge in [-0.2, -0.15) is 5.26 Å². The molecule has 4 aromatic rings. The van der Waals surface area contributed by atoms with E-state index in [-0.39, 0.29) is 12.8 Å². The van der Waals surface area contributed by atoms with E-state index in [4.69, 9.17) is 30.5 Å². The summed E-state index contributed by atoms with van der Waals surface area (Å²) >= 11 is 6.78. The third-order valence-electron chi connectivity index (χ3n) is 7.65. The summed E-state index contributed by atoms with van der Waals surface area (Å²) < 4.78 is 24.1. The van der Waals surface area contributed by atoms with E-state index in [0.717, 1.165) is 51.3 Å². The molecule has 0 fully saturated rings. The fraction of sp³-hybridized carbons (Fsp3) is 0.314. The molecule has 1 atom stereocenters. The van der Waals surface area contributed by atoms with Crippen LogP contribution in [0.4, 0.5) is 0 Å². The van der Waals surface area contributed by atoms with Crippen molar-refractivity contribution in [3.05, 3.63) is 99.8 Å². The summed E-state index contributed by atoms with van der Waals surface area (Å²) in [7, 11) is 4.09. The number of nitrogens with zero attached hydrogens (tertiary/aromatic N) is 3. The minimum Gasteiger partial charge on any atom is -0.488 e. The SMILES string of the molecule is CCC(NCc1cc(Cl)c(OCc2cccc(-c3ccc4c(c3)OCCO4)c2C)cc1OCc1cncc(C#N)c1)N(C)C. The van der Waals surface area contributed by atoms with Crippen molar-refractivity contribution in [2.75, 3.05) is 27.3 Å². The van der Waals surface area contributed by atoms with Crippen LogP contribution in [-0.4, -0.2) is 43.4 Å². The first-order valence-electron chi connectivity index (χ1n) is 14.7. The number of hydrogen-bond donors (Lipinski definition) is 1. The second kappa shape index (κ2) is 14.5. The first-order valence-corrected chi connectivity index (χ1v) is 15.0. The van der Waals surface area contributed by atoms with Gasteiger partial charge in [-0.15, -0.1) is 0 Å². The average Bonchev–Trinajstić information content (AvgIpc) is 3.04. The molecular weight excluding hydrogens is 576 g/mol. The first-order chi connectivity index (χ1) is 21.4. The zero-order valence-electron chi connectivity index (χ0n) is 25.5. The van der Waals surface area contributed by atoms with Crippen molar-refractivity contribution in [2.24, 2.45) is 0 Å². The molecule has 1 N–H and O–H groups in total. The van der Waals surface area contributed by atoms with E-state index >= 15 is 0 Å². The van der Waals surface area contributed by atoms with E-state index in [2.05, 4.69) is 53.3 Å². The van der Waals surface area contributed by atoms with Crippen molar-refractivity contribution in [1.82, 2.24) is 15.2 Å². The monoisotopic (exact) mass is 612 g/mol. The van der Waals surface area contributed by atoms with E-state index in [1.807, 2.05) is 44.4 Å². The van der Waals surface area contributed by atoms with Gasteiger partial charge in [0.25, 0.3) is 0 Å². The fourth-order valence-electron chi connectivity index (χ4n) is 5.19. The van der Waals surface area contributed by atoms with Crippen molar-refractivity contribution >= 4 is 11.6 Å². The Kier molecular flexibility index (Phi) is 10.2. The summed E-state index contributed by atoms with van der Waals surface area (Å²) in [6.07, 6.45) is 4.36. The number of benzene rings is 3. The van der Waals surface area contributed by atoms with Crippen molar-refractivity contribution in [3.63, 3.8) is 0 Å². The van der Waals surface area contributed by atoms with Gasteiger partial charge in [0.1, 0.15) is 44.0 Å². The van der Waals surface area contributed by atoms with Gasteiger partial charge in [-0.05, 0) is 74.0 Å². The Morgan fingerprint density at radius 3 is 2.55 bits per heavy atom. The molecule has 1 aliphatic heterocycles. The summed E-state index contributed by atoms with van der Waals surface area (Å²) in [5, 5.41) is 13.3. The molecule has 5 rings (SSSR count). The van der Waals surface area contributed by atoms with Crippen LogP contribution in [0.2, 0.25) is 5.02 Å². The molecule has 0 spiro atoms. The highest BCUT2D eigenvalue weighted by molar-refractivity contribution is 6.32. The van der Waals surface area contributed by atoms with E-state index in [1.54, 1.807) is 12.3 Å². The van der Waals surface area contributed by atoms with Gasteiger partial charge in [-0.3, -0.25) is 15.2 Å². The lowest BCUT2D eigenvalue weighted by atomic mass is 9.96. The lowest BCUT2D eigenvalue weighted by Gasteiger charge is -2.25. The van der Waals surface area contributed by atoms with Crippen LogP contribution >= 0.6 is 11.6 Å². The highest BCUT2D eigenvalue weighted by Gasteiger charge is 2.17. The van der Waals surface area contributed by atoms with Gasteiger partial charge in [-0.25, -0.2) is 0 Å². The number of halogens is 1. The lowest BCUT2D eigenvalue weighted by molar-refractivity contribution is 0.171. The number of ether oxygens (including phenoxy) is 4. The molecule has 1 aromatic heterocycles. The topological polar surface area (TPSA) is 88.9 Å². The molecule has 9 heteroatoms. The Labute approximate surface area is 264 Å². The first kappa shape index (κ1) is 31.1. The Balaban J connectivity index is 1.37. The molecule has 0 aliphatic carbocycles. The molecule has 3 aromatic carbocycles. The number of aromatic nitrogens is 1. The van der Waals surface area contributed by atoms with Crippen LogP contribution in [0, 0.1) is 18.3 Å². The molecule has 8 nitrogen and oxygen atoms in total. The van der Waals surface area contributed by atoms with Gasteiger partial charge in [-0.1, -0.05) is 42.8 Å². The predicted molar refractivity (Wildman–Crippen MR) is 171 cm³/mol. The second-order valence-corrected chi connectivity index (χ2v) is 11.3. The molecule has 2 heterocycles. The van der Waals surface area contributed by atoms with Gasteiger partial charge >= 0.3 is 0 Å². The molecule has 0 bridgehead atoms. The van der Waals surface area contributed by atoms with Crippen LogP contribution in [-0.2, 0) is 19.8 Å². The molecule has 1 aliphatic rings.